The van der Waals surface area contributed by atoms with Gasteiger partial charge in [-0.15, -0.1) is 0 Å². The number of amides is 1. The van der Waals surface area contributed by atoms with E-state index in [0.717, 1.165) is 19.4 Å². The number of unbranched alkanes of at least 4 members (excludes halogenated alkanes) is 2. The van der Waals surface area contributed by atoms with Crippen molar-refractivity contribution in [2.24, 2.45) is 0 Å². The molecule has 0 radical (unpaired) electrons. The minimum absolute atomic E-state index is 0. The first-order chi connectivity index (χ1) is 5.31. The molecule has 0 aromatic rings. The molecule has 0 aliphatic carbocycles. The first kappa shape index (κ1) is 10.3. The van der Waals surface area contributed by atoms with Gasteiger partial charge in [-0.25, -0.2) is 4.79 Å². The molecule has 1 amide bonds. The number of ether oxygens (including phenoxy) is 1. The lowest BCUT2D eigenvalue weighted by Crippen LogP contribution is -2.25. The smallest absolute Gasteiger partial charge is 0.407 e. The number of nitrogens with one attached hydrogen (secondary N) is 1. The van der Waals surface area contributed by atoms with Crippen molar-refractivity contribution >= 4 is 6.09 Å². The molecule has 0 unspecified atom stereocenters. The summed E-state index contributed by atoms with van der Waals surface area (Å²) in [4.78, 5) is 10.7. The average molecular weight is 161 g/mol. The summed E-state index contributed by atoms with van der Waals surface area (Å²) in [6.45, 7) is 5.10. The van der Waals surface area contributed by atoms with E-state index in [0.29, 0.717) is 6.61 Å². The van der Waals surface area contributed by atoms with Crippen molar-refractivity contribution < 1.29 is 11.0 Å². The summed E-state index contributed by atoms with van der Waals surface area (Å²) in [5.74, 6) is 0. The fourth-order valence-electron chi connectivity index (χ4n) is 0.748. The van der Waals surface area contributed by atoms with Gasteiger partial charge in [-0.05, 0) is 13.3 Å². The number of rotatable bonds is 5. The molecule has 68 valence electrons. The molecule has 0 aromatic heterocycles. The van der Waals surface area contributed by atoms with Crippen LogP contribution in [0.2, 0.25) is 0 Å². The van der Waals surface area contributed by atoms with Crippen LogP contribution in [0.1, 0.15) is 34.5 Å². The Morgan fingerprint density at radius 3 is 2.73 bits per heavy atom. The first-order valence-corrected chi connectivity index (χ1v) is 4.21. The highest BCUT2D eigenvalue weighted by Crippen LogP contribution is 1.91. The van der Waals surface area contributed by atoms with E-state index >= 15 is 0 Å². The molecule has 0 aromatic carbocycles. The van der Waals surface area contributed by atoms with Gasteiger partial charge in [-0.3, -0.25) is 0 Å². The van der Waals surface area contributed by atoms with Crippen LogP contribution in [-0.2, 0) is 4.74 Å². The Labute approximate surface area is 69.6 Å². The molecule has 0 aliphatic rings. The number of carbonyl (C=O) groups is 1. The maximum atomic E-state index is 10.7. The van der Waals surface area contributed by atoms with Crippen LogP contribution in [0, 0.1) is 0 Å². The van der Waals surface area contributed by atoms with E-state index in [-0.39, 0.29) is 7.52 Å². The standard InChI is InChI=1S/C8H17NO2.H2/c1-3-5-6-7-9-8(10)11-4-2;/h3-7H2,1-2H3,(H,9,10);1H. The van der Waals surface area contributed by atoms with Gasteiger partial charge in [0.15, 0.2) is 0 Å². The molecule has 1 N–H and O–H groups in total. The lowest BCUT2D eigenvalue weighted by Gasteiger charge is -2.03. The number of carbonyl (C=O) groups excluding carboxylic acids is 1. The minimum atomic E-state index is -0.302. The quantitative estimate of drug-likeness (QED) is 0.627. The monoisotopic (exact) mass is 161 g/mol. The zero-order chi connectivity index (χ0) is 8.53. The molecular formula is C8H19NO2. The third-order valence-corrected chi connectivity index (χ3v) is 1.33. The maximum Gasteiger partial charge on any atom is 0.407 e. The van der Waals surface area contributed by atoms with Crippen LogP contribution in [0.5, 0.6) is 0 Å². The molecule has 11 heavy (non-hydrogen) atoms. The van der Waals surface area contributed by atoms with Crippen LogP contribution in [-0.4, -0.2) is 19.2 Å². The molecule has 0 heterocycles. The highest BCUT2D eigenvalue weighted by Gasteiger charge is 1.96. The summed E-state index contributed by atoms with van der Waals surface area (Å²) in [6.07, 6.45) is 3.07. The largest absolute Gasteiger partial charge is 0.450 e. The molecule has 3 nitrogen and oxygen atoms in total. The summed E-state index contributed by atoms with van der Waals surface area (Å²) in [5, 5.41) is 2.66. The predicted octanol–water partition coefficient (Wildman–Crippen LogP) is 2.17. The lowest BCUT2D eigenvalue weighted by atomic mass is 10.2. The molecule has 0 saturated carbocycles. The van der Waals surface area contributed by atoms with E-state index in [9.17, 15) is 4.79 Å². The van der Waals surface area contributed by atoms with Gasteiger partial charge in [0, 0.05) is 7.97 Å². The van der Waals surface area contributed by atoms with Crippen LogP contribution in [0.3, 0.4) is 0 Å². The van der Waals surface area contributed by atoms with E-state index < -0.39 is 0 Å². The molecular weight excluding hydrogens is 142 g/mol. The van der Waals surface area contributed by atoms with E-state index in [4.69, 9.17) is 0 Å². The van der Waals surface area contributed by atoms with Crippen molar-refractivity contribution in [2.75, 3.05) is 13.2 Å². The van der Waals surface area contributed by atoms with E-state index in [1.807, 2.05) is 0 Å². The van der Waals surface area contributed by atoms with Crippen LogP contribution >= 0.6 is 0 Å². The molecule has 0 rings (SSSR count). The molecule has 0 aliphatic heterocycles. The Morgan fingerprint density at radius 1 is 1.45 bits per heavy atom. The van der Waals surface area contributed by atoms with E-state index in [1.54, 1.807) is 6.92 Å². The highest BCUT2D eigenvalue weighted by molar-refractivity contribution is 5.66. The van der Waals surface area contributed by atoms with Gasteiger partial charge < -0.3 is 10.1 Å². The van der Waals surface area contributed by atoms with Gasteiger partial charge >= 0.3 is 6.09 Å². The summed E-state index contributed by atoms with van der Waals surface area (Å²) in [7, 11) is 0. The van der Waals surface area contributed by atoms with Gasteiger partial charge in [-0.1, -0.05) is 19.8 Å². The van der Waals surface area contributed by atoms with Gasteiger partial charge in [-0.2, -0.15) is 0 Å². The van der Waals surface area contributed by atoms with Crippen molar-refractivity contribution in [3.05, 3.63) is 0 Å². The fourth-order valence-corrected chi connectivity index (χ4v) is 0.748. The van der Waals surface area contributed by atoms with Gasteiger partial charge in [0.05, 0.1) is 6.61 Å². The zero-order valence-electron chi connectivity index (χ0n) is 7.35. The molecule has 0 atom stereocenters. The third-order valence-electron chi connectivity index (χ3n) is 1.33. The second kappa shape index (κ2) is 7.38. The first-order valence-electron chi connectivity index (χ1n) is 4.21. The highest BCUT2D eigenvalue weighted by atomic mass is 16.5. The Kier molecular flexibility index (Phi) is 6.89. The van der Waals surface area contributed by atoms with Crippen molar-refractivity contribution in [3.8, 4) is 0 Å². The molecule has 0 bridgehead atoms. The second-order valence-corrected chi connectivity index (χ2v) is 2.35. The number of hydrogen-bond acceptors (Lipinski definition) is 2. The molecule has 0 spiro atoms. The van der Waals surface area contributed by atoms with Crippen LogP contribution < -0.4 is 5.32 Å². The Hall–Kier alpha value is -0.730. The van der Waals surface area contributed by atoms with Crippen molar-refractivity contribution in [3.63, 3.8) is 0 Å². The Balaban J connectivity index is 0. The SMILES string of the molecule is CCCCCNC(=O)OCC.[HH]. The van der Waals surface area contributed by atoms with Gasteiger partial charge in [0.2, 0.25) is 0 Å². The normalized spacial score (nSPS) is 9.27. The van der Waals surface area contributed by atoms with Crippen molar-refractivity contribution in [1.29, 1.82) is 0 Å². The lowest BCUT2D eigenvalue weighted by molar-refractivity contribution is 0.152. The second-order valence-electron chi connectivity index (χ2n) is 2.35. The molecule has 0 fully saturated rings. The predicted molar refractivity (Wildman–Crippen MR) is 46.7 cm³/mol. The van der Waals surface area contributed by atoms with E-state index in [1.165, 1.54) is 6.42 Å². The van der Waals surface area contributed by atoms with Crippen LogP contribution in [0.4, 0.5) is 4.79 Å². The van der Waals surface area contributed by atoms with Gasteiger partial charge in [0.25, 0.3) is 0 Å². The van der Waals surface area contributed by atoms with Crippen LogP contribution in [0.15, 0.2) is 0 Å². The van der Waals surface area contributed by atoms with E-state index in [2.05, 4.69) is 17.0 Å². The van der Waals surface area contributed by atoms with Crippen LogP contribution in [0.25, 0.3) is 0 Å². The molecule has 0 saturated heterocycles. The fraction of sp³-hybridized carbons (Fsp3) is 0.875. The van der Waals surface area contributed by atoms with Crippen molar-refractivity contribution in [1.82, 2.24) is 5.32 Å². The zero-order valence-corrected chi connectivity index (χ0v) is 7.35. The number of alkyl carbamates (subject to hydrolysis) is 1. The summed E-state index contributed by atoms with van der Waals surface area (Å²) < 4.78 is 4.67. The Morgan fingerprint density at radius 2 is 2.18 bits per heavy atom. The minimum Gasteiger partial charge on any atom is -0.450 e. The maximum absolute atomic E-state index is 10.7. The topological polar surface area (TPSA) is 38.3 Å². The number of hydrogen-bond donors (Lipinski definition) is 1. The Bertz CT molecular complexity index is 109. The summed E-state index contributed by atoms with van der Waals surface area (Å²) in [6, 6.07) is 0. The van der Waals surface area contributed by atoms with Crippen molar-refractivity contribution in [2.45, 2.75) is 33.1 Å². The third kappa shape index (κ3) is 7.16. The average Bonchev–Trinajstić information content (AvgIpc) is 1.99. The summed E-state index contributed by atoms with van der Waals surface area (Å²) in [5.41, 5.74) is 0. The van der Waals surface area contributed by atoms with Gasteiger partial charge in [0.1, 0.15) is 0 Å². The summed E-state index contributed by atoms with van der Waals surface area (Å²) >= 11 is 0. The molecule has 3 heteroatoms.